The highest BCUT2D eigenvalue weighted by Gasteiger charge is 2.21. The first-order chi connectivity index (χ1) is 22.9. The number of carboxylic acid groups (broad SMARTS) is 1. The van der Waals surface area contributed by atoms with Crippen LogP contribution in [0.2, 0.25) is 0 Å². The van der Waals surface area contributed by atoms with E-state index in [-0.39, 0.29) is 34.6 Å². The second-order valence-corrected chi connectivity index (χ2v) is 12.2. The third-order valence-corrected chi connectivity index (χ3v) is 8.86. The second-order valence-electron chi connectivity index (χ2n) is 12.2. The van der Waals surface area contributed by atoms with Crippen LogP contribution in [0.4, 0.5) is 5.69 Å². The number of ketones is 1. The van der Waals surface area contributed by atoms with Gasteiger partial charge in [-0.25, -0.2) is 0 Å². The van der Waals surface area contributed by atoms with Crippen molar-refractivity contribution in [2.45, 2.75) is 68.7 Å². The number of Topliss-reactive ketones (excluding diaryl/α,β-unsaturated/α-hetero) is 1. The van der Waals surface area contributed by atoms with Gasteiger partial charge in [0.2, 0.25) is 0 Å². The summed E-state index contributed by atoms with van der Waals surface area (Å²) in [5.41, 5.74) is 4.63. The lowest BCUT2D eigenvalue weighted by molar-refractivity contribution is -0.894. The molecule has 0 spiro atoms. The minimum Gasteiger partial charge on any atom is -0.545 e. The highest BCUT2D eigenvalue weighted by atomic mass is 16.4. The molecule has 4 aromatic carbocycles. The summed E-state index contributed by atoms with van der Waals surface area (Å²) < 4.78 is 0. The number of quaternary nitrogens is 2. The van der Waals surface area contributed by atoms with Crippen molar-refractivity contribution in [3.8, 4) is 0 Å². The zero-order chi connectivity index (χ0) is 35.8. The maximum absolute atomic E-state index is 13.3. The predicted octanol–water partition coefficient (Wildman–Crippen LogP) is 4.67. The number of carbonyl (C=O) groups is 3. The van der Waals surface area contributed by atoms with E-state index in [1.54, 1.807) is 34.9 Å². The molecule has 3 N–H and O–H groups in total. The van der Waals surface area contributed by atoms with Crippen molar-refractivity contribution < 1.29 is 29.3 Å². The van der Waals surface area contributed by atoms with Crippen molar-refractivity contribution in [2.24, 2.45) is 0 Å². The van der Waals surface area contributed by atoms with Gasteiger partial charge in [0.25, 0.3) is 5.91 Å². The highest BCUT2D eigenvalue weighted by molar-refractivity contribution is 6.22. The molecule has 4 aromatic rings. The summed E-state index contributed by atoms with van der Waals surface area (Å²) in [6.07, 6.45) is 0.117. The summed E-state index contributed by atoms with van der Waals surface area (Å²) >= 11 is 0. The zero-order valence-electron chi connectivity index (χ0n) is 30.5. The van der Waals surface area contributed by atoms with Gasteiger partial charge >= 0.3 is 0 Å². The van der Waals surface area contributed by atoms with Crippen LogP contribution in [-0.4, -0.2) is 56.9 Å². The van der Waals surface area contributed by atoms with E-state index in [1.807, 2.05) is 56.3 Å². The first-order valence-corrected chi connectivity index (χ1v) is 17.4. The maximum Gasteiger partial charge on any atom is 0.256 e. The van der Waals surface area contributed by atoms with Crippen LogP contribution in [0, 0.1) is 20.8 Å². The van der Waals surface area contributed by atoms with Crippen LogP contribution in [0.15, 0.2) is 72.8 Å². The Morgan fingerprint density at radius 2 is 1.10 bits per heavy atom. The molecule has 0 aliphatic rings. The molecule has 0 aliphatic heterocycles. The van der Waals surface area contributed by atoms with Crippen molar-refractivity contribution >= 4 is 34.1 Å². The van der Waals surface area contributed by atoms with Gasteiger partial charge in [-0.15, -0.1) is 0 Å². The minimum absolute atomic E-state index is 0.113. The molecule has 0 aromatic heterocycles. The van der Waals surface area contributed by atoms with Gasteiger partial charge in [-0.05, 0) is 109 Å². The van der Waals surface area contributed by atoms with Crippen LogP contribution in [-0.2, 0) is 6.42 Å². The standard InChI is InChI=1S/C29H25NO4.2C6H15N/c1-17-6-4-8-20(14-17)16-25(31)22-12-13-23(28(32)30-21-9-5-7-18(2)15-21)26-19(3)10-11-24(27(22)26)29(33)34;2*1-4-7(5-2)6-3/h4-15H,16H2,1-3H3,(H,30,32)(H,33,34);2*4-6H2,1-3H3/p+1. The lowest BCUT2D eigenvalue weighted by atomic mass is 9.89. The minimum atomic E-state index is -1.40. The first kappa shape index (κ1) is 39.8. The molecule has 0 bridgehead atoms. The second kappa shape index (κ2) is 20.1. The van der Waals surface area contributed by atoms with Crippen LogP contribution >= 0.6 is 0 Å². The molecule has 1 amide bonds. The van der Waals surface area contributed by atoms with E-state index in [1.165, 1.54) is 51.4 Å². The molecular weight excluding hydrogens is 598 g/mol. The van der Waals surface area contributed by atoms with E-state index >= 15 is 0 Å². The molecule has 48 heavy (non-hydrogen) atoms. The largest absolute Gasteiger partial charge is 0.545 e. The lowest BCUT2D eigenvalue weighted by Crippen LogP contribution is -3.11. The van der Waals surface area contributed by atoms with Gasteiger partial charge in [0.1, 0.15) is 0 Å². The number of anilines is 1. The molecule has 0 saturated heterocycles. The summed E-state index contributed by atoms with van der Waals surface area (Å²) in [6.45, 7) is 26.6. The number of carbonyl (C=O) groups excluding carboxylic acids is 3. The molecule has 258 valence electrons. The zero-order valence-corrected chi connectivity index (χ0v) is 30.5. The summed E-state index contributed by atoms with van der Waals surface area (Å²) in [6, 6.07) is 21.2. The number of nitrogens with one attached hydrogen (secondary N) is 3. The smallest absolute Gasteiger partial charge is 0.256 e. The Balaban J connectivity index is 0.000000479. The summed E-state index contributed by atoms with van der Waals surface area (Å²) in [7, 11) is 0. The molecule has 7 nitrogen and oxygen atoms in total. The normalized spacial score (nSPS) is 10.6. The number of aryl methyl sites for hydroxylation is 3. The fourth-order valence-electron chi connectivity index (χ4n) is 5.78. The average Bonchev–Trinajstić information content (AvgIpc) is 3.06. The van der Waals surface area contributed by atoms with Gasteiger partial charge in [-0.2, -0.15) is 0 Å². The molecule has 0 atom stereocenters. The Hall–Kier alpha value is -4.33. The van der Waals surface area contributed by atoms with Gasteiger partial charge in [0.15, 0.2) is 5.78 Å². The number of benzene rings is 4. The number of fused-ring (bicyclic) bond motifs is 1. The highest BCUT2D eigenvalue weighted by Crippen LogP contribution is 2.31. The van der Waals surface area contributed by atoms with Gasteiger partial charge in [0, 0.05) is 34.2 Å². The van der Waals surface area contributed by atoms with Crippen LogP contribution in [0.1, 0.15) is 94.9 Å². The average molecular weight is 655 g/mol. The molecule has 0 aliphatic carbocycles. The SMILES string of the molecule is CC[NH+](CC)CC.CC[NH+](CC)CC.Cc1cccc(CC(=O)c2ccc(C(=O)Nc3cccc(C)c3)c3c(C)ccc(C(=O)[O-])c23)c1. The van der Waals surface area contributed by atoms with Crippen molar-refractivity contribution in [1.82, 2.24) is 0 Å². The maximum atomic E-state index is 13.3. The Labute approximate surface area is 288 Å². The van der Waals surface area contributed by atoms with Crippen molar-refractivity contribution in [2.75, 3.05) is 44.6 Å². The Morgan fingerprint density at radius 3 is 1.58 bits per heavy atom. The third kappa shape index (κ3) is 11.4. The summed E-state index contributed by atoms with van der Waals surface area (Å²) in [5.74, 6) is -2.01. The quantitative estimate of drug-likeness (QED) is 0.194. The van der Waals surface area contributed by atoms with E-state index in [2.05, 4.69) is 46.9 Å². The Bertz CT molecular complexity index is 1630. The first-order valence-electron chi connectivity index (χ1n) is 17.4. The van der Waals surface area contributed by atoms with Crippen LogP contribution in [0.3, 0.4) is 0 Å². The Kier molecular flexibility index (Phi) is 16.7. The topological polar surface area (TPSA) is 95.2 Å². The van der Waals surface area contributed by atoms with Crippen molar-refractivity contribution in [3.05, 3.63) is 112 Å². The molecule has 0 saturated carbocycles. The van der Waals surface area contributed by atoms with Crippen molar-refractivity contribution in [3.63, 3.8) is 0 Å². The van der Waals surface area contributed by atoms with Crippen LogP contribution < -0.4 is 20.2 Å². The number of rotatable bonds is 12. The monoisotopic (exact) mass is 654 g/mol. The van der Waals surface area contributed by atoms with Crippen molar-refractivity contribution in [1.29, 1.82) is 0 Å². The van der Waals surface area contributed by atoms with Gasteiger partial charge < -0.3 is 25.0 Å². The Morgan fingerprint density at radius 1 is 0.604 bits per heavy atom. The van der Waals surface area contributed by atoms with Gasteiger partial charge in [-0.3, -0.25) is 9.59 Å². The van der Waals surface area contributed by atoms with E-state index in [0.29, 0.717) is 22.2 Å². The number of hydrogen-bond acceptors (Lipinski definition) is 4. The van der Waals surface area contributed by atoms with Gasteiger partial charge in [-0.1, -0.05) is 54.1 Å². The molecule has 0 radical (unpaired) electrons. The van der Waals surface area contributed by atoms with Gasteiger partial charge in [0.05, 0.1) is 45.2 Å². The van der Waals surface area contributed by atoms with E-state index in [4.69, 9.17) is 0 Å². The molecule has 7 heteroatoms. The van der Waals surface area contributed by atoms with E-state index in [9.17, 15) is 19.5 Å². The molecule has 0 fully saturated rings. The molecule has 0 unspecified atom stereocenters. The molecule has 4 rings (SSSR count). The number of hydrogen-bond donors (Lipinski definition) is 3. The number of aromatic carboxylic acids is 1. The number of amides is 1. The molecular formula is C41H56N3O4+. The molecule has 0 heterocycles. The number of carboxylic acids is 1. The fraction of sp³-hybridized carbons (Fsp3) is 0.390. The van der Waals surface area contributed by atoms with Crippen LogP contribution in [0.25, 0.3) is 10.8 Å². The summed E-state index contributed by atoms with van der Waals surface area (Å²) in [5, 5.41) is 15.5. The fourth-order valence-corrected chi connectivity index (χ4v) is 5.78. The van der Waals surface area contributed by atoms with Crippen LogP contribution in [0.5, 0.6) is 0 Å². The predicted molar refractivity (Wildman–Crippen MR) is 197 cm³/mol. The third-order valence-electron chi connectivity index (χ3n) is 8.86. The summed E-state index contributed by atoms with van der Waals surface area (Å²) in [4.78, 5) is 41.9. The van der Waals surface area contributed by atoms with E-state index in [0.717, 1.165) is 16.7 Å². The van der Waals surface area contributed by atoms with E-state index < -0.39 is 5.97 Å². The lowest BCUT2D eigenvalue weighted by Gasteiger charge is -2.17.